The average Bonchev–Trinajstić information content (AvgIpc) is 2.99. The molecule has 0 radical (unpaired) electrons. The Morgan fingerprint density at radius 1 is 1.30 bits per heavy atom. The van der Waals surface area contributed by atoms with E-state index in [1.807, 2.05) is 6.07 Å². The molecular formula is C21H15BrClF3N4O3. The van der Waals surface area contributed by atoms with Crippen LogP contribution in [0.5, 0.6) is 0 Å². The molecule has 3 rings (SSSR count). The summed E-state index contributed by atoms with van der Waals surface area (Å²) in [7, 11) is 0. The number of carbonyl (C=O) groups excluding carboxylic acids is 2. The van der Waals surface area contributed by atoms with Gasteiger partial charge >= 0.3 is 5.97 Å². The summed E-state index contributed by atoms with van der Waals surface area (Å²) in [6.07, 6.45) is -2.84. The molecule has 0 atom stereocenters. The second-order valence-electron chi connectivity index (χ2n) is 6.76. The van der Waals surface area contributed by atoms with Crippen molar-refractivity contribution in [2.45, 2.75) is 26.4 Å². The Bertz CT molecular complexity index is 1380. The maximum Gasteiger partial charge on any atom is 0.326 e. The van der Waals surface area contributed by atoms with Crippen LogP contribution in [0.1, 0.15) is 28.4 Å². The number of ether oxygens (including phenoxy) is 1. The van der Waals surface area contributed by atoms with Gasteiger partial charge in [0.05, 0.1) is 40.3 Å². The molecule has 12 heteroatoms. The lowest BCUT2D eigenvalue weighted by Crippen LogP contribution is -2.29. The van der Waals surface area contributed by atoms with Crippen molar-refractivity contribution in [1.29, 1.82) is 10.7 Å². The van der Waals surface area contributed by atoms with Crippen LogP contribution in [-0.4, -0.2) is 33.9 Å². The first-order valence-corrected chi connectivity index (χ1v) is 10.6. The fraction of sp³-hybridized carbons (Fsp3) is 0.238. The van der Waals surface area contributed by atoms with E-state index >= 15 is 0 Å². The van der Waals surface area contributed by atoms with Crippen LogP contribution < -0.4 is 5.62 Å². The molecule has 0 aliphatic rings. The minimum atomic E-state index is -2.84. The monoisotopic (exact) mass is 542 g/mol. The van der Waals surface area contributed by atoms with Crippen molar-refractivity contribution in [2.75, 3.05) is 6.61 Å². The van der Waals surface area contributed by atoms with Gasteiger partial charge in [-0.2, -0.15) is 5.26 Å². The van der Waals surface area contributed by atoms with Crippen molar-refractivity contribution in [3.8, 4) is 6.07 Å². The average molecular weight is 544 g/mol. The lowest BCUT2D eigenvalue weighted by atomic mass is 9.97. The number of alkyl halides is 2. The van der Waals surface area contributed by atoms with Crippen molar-refractivity contribution in [1.82, 2.24) is 9.13 Å². The van der Waals surface area contributed by atoms with Crippen LogP contribution in [0.2, 0.25) is 5.02 Å². The number of halogens is 5. The molecule has 0 unspecified atom stereocenters. The van der Waals surface area contributed by atoms with Gasteiger partial charge in [0.2, 0.25) is 5.62 Å². The number of rotatable bonds is 7. The van der Waals surface area contributed by atoms with E-state index < -0.39 is 42.7 Å². The van der Waals surface area contributed by atoms with E-state index in [4.69, 9.17) is 21.7 Å². The summed E-state index contributed by atoms with van der Waals surface area (Å²) in [6, 6.07) is 6.31. The fourth-order valence-corrected chi connectivity index (χ4v) is 4.22. The molecule has 0 saturated carbocycles. The molecule has 0 bridgehead atoms. The number of imidazole rings is 1. The minimum absolute atomic E-state index is 0.0231. The number of hydrogen-bond acceptors (Lipinski definition) is 5. The van der Waals surface area contributed by atoms with Gasteiger partial charge in [-0.15, -0.1) is 0 Å². The second kappa shape index (κ2) is 9.80. The highest BCUT2D eigenvalue weighted by atomic mass is 79.9. The molecule has 1 N–H and O–H groups in total. The van der Waals surface area contributed by atoms with Crippen molar-refractivity contribution in [3.05, 3.63) is 61.9 Å². The molecule has 0 aliphatic carbocycles. The molecule has 0 aliphatic heterocycles. The molecule has 3 aromatic rings. The quantitative estimate of drug-likeness (QED) is 0.352. The maximum absolute atomic E-state index is 13.8. The number of hydrogen-bond donors (Lipinski definition) is 1. The summed E-state index contributed by atoms with van der Waals surface area (Å²) in [5.41, 5.74) is -1.29. The molecule has 0 saturated heterocycles. The first-order valence-electron chi connectivity index (χ1n) is 9.44. The van der Waals surface area contributed by atoms with Crippen molar-refractivity contribution >= 4 is 50.3 Å². The molecule has 1 aromatic heterocycles. The third-order valence-corrected chi connectivity index (χ3v) is 5.68. The van der Waals surface area contributed by atoms with Crippen LogP contribution in [0.15, 0.2) is 28.7 Å². The fourth-order valence-electron chi connectivity index (χ4n) is 3.42. The third-order valence-electron chi connectivity index (χ3n) is 4.73. The van der Waals surface area contributed by atoms with E-state index in [2.05, 4.69) is 15.9 Å². The Morgan fingerprint density at radius 2 is 2.00 bits per heavy atom. The Kier molecular flexibility index (Phi) is 7.29. The van der Waals surface area contributed by atoms with Gasteiger partial charge in [-0.3, -0.25) is 19.6 Å². The molecule has 1 heterocycles. The predicted molar refractivity (Wildman–Crippen MR) is 116 cm³/mol. The number of ketones is 1. The molecule has 2 aromatic carbocycles. The van der Waals surface area contributed by atoms with Gasteiger partial charge in [0.1, 0.15) is 18.4 Å². The van der Waals surface area contributed by atoms with Crippen LogP contribution >= 0.6 is 27.5 Å². The third kappa shape index (κ3) is 4.67. The highest BCUT2D eigenvalue weighted by Crippen LogP contribution is 2.33. The molecule has 0 fully saturated rings. The van der Waals surface area contributed by atoms with Crippen molar-refractivity contribution in [2.24, 2.45) is 0 Å². The van der Waals surface area contributed by atoms with Gasteiger partial charge in [-0.05, 0) is 47.1 Å². The van der Waals surface area contributed by atoms with E-state index in [9.17, 15) is 28.0 Å². The molecule has 172 valence electrons. The summed E-state index contributed by atoms with van der Waals surface area (Å²) >= 11 is 9.25. The molecule has 7 nitrogen and oxygen atoms in total. The number of carbonyl (C=O) groups is 2. The van der Waals surface area contributed by atoms with Gasteiger partial charge in [-0.1, -0.05) is 11.6 Å². The number of fused-ring (bicyclic) bond motifs is 1. The zero-order chi connectivity index (χ0) is 24.4. The van der Waals surface area contributed by atoms with Gasteiger partial charge in [0.15, 0.2) is 5.78 Å². The summed E-state index contributed by atoms with van der Waals surface area (Å²) in [4.78, 5) is 25.4. The van der Waals surface area contributed by atoms with E-state index in [0.717, 1.165) is 21.3 Å². The first-order chi connectivity index (χ1) is 15.6. The highest BCUT2D eigenvalue weighted by molar-refractivity contribution is 9.10. The molecule has 33 heavy (non-hydrogen) atoms. The first kappa shape index (κ1) is 24.5. The van der Waals surface area contributed by atoms with Crippen LogP contribution in [0.4, 0.5) is 13.2 Å². The molecular weight excluding hydrogens is 529 g/mol. The molecule has 0 amide bonds. The number of nitrogens with zero attached hydrogens (tertiary/aromatic N) is 3. The van der Waals surface area contributed by atoms with Crippen LogP contribution in [-0.2, 0) is 22.6 Å². The lowest BCUT2D eigenvalue weighted by Gasteiger charge is -2.11. The van der Waals surface area contributed by atoms with Crippen molar-refractivity contribution in [3.63, 3.8) is 0 Å². The number of aromatic nitrogens is 2. The molecule has 0 spiro atoms. The maximum atomic E-state index is 13.8. The normalized spacial score (nSPS) is 11.1. The highest BCUT2D eigenvalue weighted by Gasteiger charge is 2.27. The van der Waals surface area contributed by atoms with Crippen LogP contribution in [0.25, 0.3) is 11.0 Å². The Labute approximate surface area is 198 Å². The van der Waals surface area contributed by atoms with Crippen LogP contribution in [0.3, 0.4) is 0 Å². The smallest absolute Gasteiger partial charge is 0.326 e. The largest absolute Gasteiger partial charge is 0.465 e. The summed E-state index contributed by atoms with van der Waals surface area (Å²) < 4.78 is 47.1. The number of nitrogens with one attached hydrogen (secondary N) is 1. The second-order valence-corrected chi connectivity index (χ2v) is 8.02. The predicted octanol–water partition coefficient (Wildman–Crippen LogP) is 4.41. The number of esters is 1. The minimum Gasteiger partial charge on any atom is -0.465 e. The lowest BCUT2D eigenvalue weighted by molar-refractivity contribution is -0.143. The van der Waals surface area contributed by atoms with Gasteiger partial charge in [0.25, 0.3) is 6.43 Å². The summed E-state index contributed by atoms with van der Waals surface area (Å²) in [6.45, 7) is 0.179. The van der Waals surface area contributed by atoms with Crippen molar-refractivity contribution < 1.29 is 27.5 Å². The van der Waals surface area contributed by atoms with Gasteiger partial charge < -0.3 is 9.30 Å². The van der Waals surface area contributed by atoms with Gasteiger partial charge in [-0.25, -0.2) is 13.2 Å². The van der Waals surface area contributed by atoms with E-state index in [1.165, 1.54) is 12.1 Å². The Morgan fingerprint density at radius 3 is 2.61 bits per heavy atom. The Hall–Kier alpha value is -3.10. The Balaban J connectivity index is 2.38. The summed E-state index contributed by atoms with van der Waals surface area (Å²) in [5, 5.41) is 18.2. The number of nitriles is 1. The standard InChI is InChI=1S/C21H15BrClF3N4O3/c1-2-33-17(31)9-30-19-12(7-27)18(20(32)11-5-10(24)3-4-14(11)23)13(22)6-15(19)29(21(30)28)8-16(25)26/h3-6,16,28H,2,8-9H2,1H3. The van der Waals surface area contributed by atoms with E-state index in [-0.39, 0.29) is 43.8 Å². The summed E-state index contributed by atoms with van der Waals surface area (Å²) in [5.74, 6) is -2.30. The SMILES string of the molecule is CCOC(=O)Cn1c(=N)n(CC(F)F)c2cc(Br)c(C(=O)c3cc(F)ccc3Cl)c(C#N)c21. The van der Waals surface area contributed by atoms with E-state index in [0.29, 0.717) is 0 Å². The van der Waals surface area contributed by atoms with E-state index in [1.54, 1.807) is 6.92 Å². The topological polar surface area (TPSA) is 101 Å². The zero-order valence-electron chi connectivity index (χ0n) is 17.0. The van der Waals surface area contributed by atoms with Gasteiger partial charge in [0, 0.05) is 10.0 Å². The zero-order valence-corrected chi connectivity index (χ0v) is 19.3. The number of benzene rings is 2. The van der Waals surface area contributed by atoms with Crippen LogP contribution in [0, 0.1) is 22.6 Å².